The van der Waals surface area contributed by atoms with Crippen LogP contribution in [0, 0.1) is 5.92 Å². The molecule has 1 unspecified atom stereocenters. The van der Waals surface area contributed by atoms with E-state index in [9.17, 15) is 4.79 Å². The molecule has 0 fully saturated rings. The lowest BCUT2D eigenvalue weighted by Gasteiger charge is -2.26. The molecule has 1 rings (SSSR count). The third kappa shape index (κ3) is 5.44. The zero-order valence-corrected chi connectivity index (χ0v) is 12.1. The van der Waals surface area contributed by atoms with E-state index < -0.39 is 5.97 Å². The van der Waals surface area contributed by atoms with Crippen LogP contribution in [0.15, 0.2) is 16.5 Å². The summed E-state index contributed by atoms with van der Waals surface area (Å²) in [5.74, 6) is 0.260. The minimum absolute atomic E-state index is 0.0110. The van der Waals surface area contributed by atoms with Gasteiger partial charge in [0.05, 0.1) is 6.54 Å². The Balaban J connectivity index is 2.40. The van der Waals surface area contributed by atoms with Crippen molar-refractivity contribution in [2.45, 2.75) is 32.9 Å². The van der Waals surface area contributed by atoms with Crippen molar-refractivity contribution in [1.82, 2.24) is 10.2 Å². The average molecular weight is 268 g/mol. The number of likely N-dealkylation sites (N-methyl/N-ethyl adjacent to an activating group) is 1. The highest BCUT2D eigenvalue weighted by molar-refractivity contribution is 5.84. The number of hydrogen-bond acceptors (Lipinski definition) is 4. The Morgan fingerprint density at radius 3 is 2.58 bits per heavy atom. The fraction of sp³-hybridized carbons (Fsp3) is 0.643. The Morgan fingerprint density at radius 2 is 2.11 bits per heavy atom. The third-order valence-electron chi connectivity index (χ3n) is 3.03. The van der Waals surface area contributed by atoms with Gasteiger partial charge in [0.15, 0.2) is 0 Å². The van der Waals surface area contributed by atoms with Crippen molar-refractivity contribution >= 4 is 5.97 Å². The van der Waals surface area contributed by atoms with Gasteiger partial charge >= 0.3 is 5.97 Å². The second-order valence-corrected chi connectivity index (χ2v) is 5.45. The minimum atomic E-state index is -1.03. The van der Waals surface area contributed by atoms with Crippen molar-refractivity contribution in [3.63, 3.8) is 0 Å². The largest absolute Gasteiger partial charge is 0.475 e. The van der Waals surface area contributed by atoms with E-state index in [1.807, 2.05) is 0 Å². The molecule has 0 aromatic carbocycles. The highest BCUT2D eigenvalue weighted by atomic mass is 16.4. The number of nitrogens with zero attached hydrogens (tertiary/aromatic N) is 1. The Hall–Kier alpha value is -1.33. The molecule has 19 heavy (non-hydrogen) atoms. The Labute approximate surface area is 114 Å². The van der Waals surface area contributed by atoms with E-state index in [-0.39, 0.29) is 5.76 Å². The van der Waals surface area contributed by atoms with Crippen LogP contribution >= 0.6 is 0 Å². The van der Waals surface area contributed by atoms with Gasteiger partial charge in [0.25, 0.3) is 0 Å². The number of carboxylic acids is 1. The standard InChI is InChI=1S/C14H24N2O3/c1-10(2)7-11(16(3)4)8-15-9-12-5-6-13(19-12)14(17)18/h5-6,10-11,15H,7-9H2,1-4H3,(H,17,18). The van der Waals surface area contributed by atoms with Gasteiger partial charge in [-0.2, -0.15) is 0 Å². The summed E-state index contributed by atoms with van der Waals surface area (Å²) in [6.07, 6.45) is 1.12. The van der Waals surface area contributed by atoms with Crippen LogP contribution in [0.25, 0.3) is 0 Å². The summed E-state index contributed by atoms with van der Waals surface area (Å²) in [6, 6.07) is 3.65. The second-order valence-electron chi connectivity index (χ2n) is 5.45. The van der Waals surface area contributed by atoms with Gasteiger partial charge in [-0.1, -0.05) is 13.8 Å². The molecule has 0 aliphatic carbocycles. The molecule has 0 spiro atoms. The minimum Gasteiger partial charge on any atom is -0.475 e. The van der Waals surface area contributed by atoms with Gasteiger partial charge in [-0.3, -0.25) is 0 Å². The molecule has 0 saturated carbocycles. The van der Waals surface area contributed by atoms with Crippen LogP contribution in [0.4, 0.5) is 0 Å². The number of hydrogen-bond donors (Lipinski definition) is 2. The van der Waals surface area contributed by atoms with E-state index in [0.29, 0.717) is 24.3 Å². The SMILES string of the molecule is CC(C)CC(CNCc1ccc(C(=O)O)o1)N(C)C. The second kappa shape index (κ2) is 7.31. The molecule has 2 N–H and O–H groups in total. The molecular formula is C14H24N2O3. The number of aromatic carboxylic acids is 1. The summed E-state index contributed by atoms with van der Waals surface area (Å²) >= 11 is 0. The van der Waals surface area contributed by atoms with E-state index in [1.54, 1.807) is 6.07 Å². The zero-order chi connectivity index (χ0) is 14.4. The topological polar surface area (TPSA) is 65.7 Å². The highest BCUT2D eigenvalue weighted by Crippen LogP contribution is 2.10. The van der Waals surface area contributed by atoms with Crippen molar-refractivity contribution in [2.75, 3.05) is 20.6 Å². The molecular weight excluding hydrogens is 244 g/mol. The van der Waals surface area contributed by atoms with E-state index >= 15 is 0 Å². The van der Waals surface area contributed by atoms with Crippen molar-refractivity contribution < 1.29 is 14.3 Å². The lowest BCUT2D eigenvalue weighted by molar-refractivity contribution is 0.0660. The predicted molar refractivity (Wildman–Crippen MR) is 74.3 cm³/mol. The first-order valence-electron chi connectivity index (χ1n) is 6.59. The van der Waals surface area contributed by atoms with Crippen molar-refractivity contribution in [3.8, 4) is 0 Å². The van der Waals surface area contributed by atoms with Crippen LogP contribution < -0.4 is 5.32 Å². The van der Waals surface area contributed by atoms with Gasteiger partial charge in [-0.15, -0.1) is 0 Å². The normalized spacial score (nSPS) is 13.2. The van der Waals surface area contributed by atoms with Gasteiger partial charge in [-0.05, 0) is 38.6 Å². The van der Waals surface area contributed by atoms with Gasteiger partial charge in [0, 0.05) is 12.6 Å². The number of carbonyl (C=O) groups is 1. The fourth-order valence-corrected chi connectivity index (χ4v) is 1.97. The molecule has 1 atom stereocenters. The van der Waals surface area contributed by atoms with Gasteiger partial charge in [0.2, 0.25) is 5.76 Å². The number of nitrogens with one attached hydrogen (secondary N) is 1. The molecule has 5 heteroatoms. The maximum absolute atomic E-state index is 10.7. The lowest BCUT2D eigenvalue weighted by atomic mass is 10.0. The van der Waals surface area contributed by atoms with E-state index in [1.165, 1.54) is 6.07 Å². The summed E-state index contributed by atoms with van der Waals surface area (Å²) in [7, 11) is 4.15. The Kier molecular flexibility index (Phi) is 6.05. The third-order valence-corrected chi connectivity index (χ3v) is 3.03. The molecule has 0 saturated heterocycles. The first-order chi connectivity index (χ1) is 8.90. The molecule has 1 heterocycles. The average Bonchev–Trinajstić information content (AvgIpc) is 2.75. The van der Waals surface area contributed by atoms with Crippen LogP contribution in [0.3, 0.4) is 0 Å². The maximum Gasteiger partial charge on any atom is 0.371 e. The molecule has 1 aromatic heterocycles. The van der Waals surface area contributed by atoms with Crippen LogP contribution in [0.1, 0.15) is 36.6 Å². The monoisotopic (exact) mass is 268 g/mol. The molecule has 5 nitrogen and oxygen atoms in total. The van der Waals surface area contributed by atoms with E-state index in [4.69, 9.17) is 9.52 Å². The van der Waals surface area contributed by atoms with Crippen molar-refractivity contribution in [1.29, 1.82) is 0 Å². The molecule has 0 radical (unpaired) electrons. The molecule has 0 amide bonds. The summed E-state index contributed by atoms with van der Waals surface area (Å²) in [5, 5.41) is 12.1. The molecule has 0 aliphatic heterocycles. The van der Waals surface area contributed by atoms with Gasteiger partial charge < -0.3 is 19.7 Å². The van der Waals surface area contributed by atoms with Crippen LogP contribution in [0.5, 0.6) is 0 Å². The Bertz CT molecular complexity index is 399. The summed E-state index contributed by atoms with van der Waals surface area (Å²) in [6.45, 7) is 5.83. The fourth-order valence-electron chi connectivity index (χ4n) is 1.97. The maximum atomic E-state index is 10.7. The van der Waals surface area contributed by atoms with Crippen molar-refractivity contribution in [2.24, 2.45) is 5.92 Å². The first-order valence-corrected chi connectivity index (χ1v) is 6.59. The molecule has 0 aliphatic rings. The quantitative estimate of drug-likeness (QED) is 0.755. The van der Waals surface area contributed by atoms with Crippen LogP contribution in [-0.2, 0) is 6.54 Å². The van der Waals surface area contributed by atoms with Gasteiger partial charge in [0.1, 0.15) is 5.76 Å². The number of furan rings is 1. The molecule has 108 valence electrons. The van der Waals surface area contributed by atoms with E-state index in [0.717, 1.165) is 13.0 Å². The van der Waals surface area contributed by atoms with Gasteiger partial charge in [-0.25, -0.2) is 4.79 Å². The van der Waals surface area contributed by atoms with E-state index in [2.05, 4.69) is 38.2 Å². The number of rotatable bonds is 8. The molecule has 1 aromatic rings. The summed E-state index contributed by atoms with van der Waals surface area (Å²) in [4.78, 5) is 12.9. The Morgan fingerprint density at radius 1 is 1.42 bits per heavy atom. The van der Waals surface area contributed by atoms with Crippen LogP contribution in [0.2, 0.25) is 0 Å². The summed E-state index contributed by atoms with van der Waals surface area (Å²) < 4.78 is 5.19. The zero-order valence-electron chi connectivity index (χ0n) is 12.1. The van der Waals surface area contributed by atoms with Crippen LogP contribution in [-0.4, -0.2) is 42.7 Å². The molecule has 0 bridgehead atoms. The first kappa shape index (κ1) is 15.7. The summed E-state index contributed by atoms with van der Waals surface area (Å²) in [5.41, 5.74) is 0. The predicted octanol–water partition coefficient (Wildman–Crippen LogP) is 2.04. The number of carboxylic acid groups (broad SMARTS) is 1. The van der Waals surface area contributed by atoms with Crippen molar-refractivity contribution in [3.05, 3.63) is 23.7 Å². The highest BCUT2D eigenvalue weighted by Gasteiger charge is 2.13. The smallest absolute Gasteiger partial charge is 0.371 e. The lowest BCUT2D eigenvalue weighted by Crippen LogP contribution is -2.38.